The maximum absolute atomic E-state index is 9.26. The Kier molecular flexibility index (Phi) is 4.84. The summed E-state index contributed by atoms with van der Waals surface area (Å²) in [6.45, 7) is 3.34. The lowest BCUT2D eigenvalue weighted by Gasteiger charge is -2.24. The topological polar surface area (TPSA) is 67.0 Å². The third-order valence-corrected chi connectivity index (χ3v) is 4.45. The summed E-state index contributed by atoms with van der Waals surface area (Å²) in [6.07, 6.45) is 2.68. The Morgan fingerprint density at radius 2 is 1.71 bits per heavy atom. The Hall–Kier alpha value is -2.76. The molecule has 1 fully saturated rings. The first-order chi connectivity index (χ1) is 11.7. The third-order valence-electron chi connectivity index (χ3n) is 4.14. The van der Waals surface area contributed by atoms with E-state index in [4.69, 9.17) is 16.9 Å². The van der Waals surface area contributed by atoms with Crippen molar-refractivity contribution < 1.29 is 0 Å². The smallest absolute Gasteiger partial charge is 0.146 e. The zero-order valence-electron chi connectivity index (χ0n) is 13.1. The highest BCUT2D eigenvalue weighted by Crippen LogP contribution is 2.25. The second kappa shape index (κ2) is 7.21. The van der Waals surface area contributed by atoms with Gasteiger partial charge in [0, 0.05) is 38.1 Å². The van der Waals surface area contributed by atoms with Crippen molar-refractivity contribution in [3.8, 4) is 12.1 Å². The third kappa shape index (κ3) is 3.27. The van der Waals surface area contributed by atoms with E-state index in [0.29, 0.717) is 16.1 Å². The summed E-state index contributed by atoms with van der Waals surface area (Å²) in [5.41, 5.74) is 2.11. The van der Waals surface area contributed by atoms with Crippen LogP contribution in [0.25, 0.3) is 0 Å². The maximum Gasteiger partial charge on any atom is 0.146 e. The summed E-state index contributed by atoms with van der Waals surface area (Å²) >= 11 is 6.15. The molecule has 0 amide bonds. The molecule has 0 spiro atoms. The number of aromatic nitrogens is 1. The van der Waals surface area contributed by atoms with E-state index in [2.05, 4.69) is 26.9 Å². The van der Waals surface area contributed by atoms with Crippen molar-refractivity contribution in [2.45, 2.75) is 6.42 Å². The van der Waals surface area contributed by atoms with Crippen LogP contribution in [0.3, 0.4) is 0 Å². The van der Waals surface area contributed by atoms with Crippen LogP contribution in [0.15, 0.2) is 36.5 Å². The van der Waals surface area contributed by atoms with Gasteiger partial charge in [-0.05, 0) is 36.8 Å². The standard InChI is InChI=1S/C18H16ClN5/c19-17-11-16(5-4-14(17)12-20)23-7-2-8-24(10-9-23)18-15(13-21)3-1-6-22-18/h1,3-6,11H,2,7-10H2. The lowest BCUT2D eigenvalue weighted by Crippen LogP contribution is -2.31. The Labute approximate surface area is 146 Å². The van der Waals surface area contributed by atoms with E-state index in [-0.39, 0.29) is 0 Å². The van der Waals surface area contributed by atoms with Crippen LogP contribution in [0.2, 0.25) is 5.02 Å². The van der Waals surface area contributed by atoms with E-state index in [1.165, 1.54) is 0 Å². The number of pyridine rings is 1. The van der Waals surface area contributed by atoms with E-state index in [0.717, 1.165) is 44.1 Å². The van der Waals surface area contributed by atoms with E-state index >= 15 is 0 Å². The summed E-state index contributed by atoms with van der Waals surface area (Å²) in [6, 6.07) is 13.4. The summed E-state index contributed by atoms with van der Waals surface area (Å²) in [5.74, 6) is 0.750. The summed E-state index contributed by atoms with van der Waals surface area (Å²) in [5, 5.41) is 18.7. The molecule has 0 radical (unpaired) electrons. The number of nitriles is 2. The van der Waals surface area contributed by atoms with Crippen LogP contribution in [0.5, 0.6) is 0 Å². The molecule has 1 aromatic heterocycles. The van der Waals surface area contributed by atoms with Gasteiger partial charge >= 0.3 is 0 Å². The van der Waals surface area contributed by atoms with Crippen LogP contribution >= 0.6 is 11.6 Å². The van der Waals surface area contributed by atoms with E-state index in [1.54, 1.807) is 24.4 Å². The SMILES string of the molecule is N#Cc1ccc(N2CCCN(c3ncccc3C#N)CC2)cc1Cl. The number of hydrogen-bond acceptors (Lipinski definition) is 5. The summed E-state index contributed by atoms with van der Waals surface area (Å²) < 4.78 is 0. The molecule has 6 heteroatoms. The predicted molar refractivity (Wildman–Crippen MR) is 94.2 cm³/mol. The summed E-state index contributed by atoms with van der Waals surface area (Å²) in [4.78, 5) is 8.79. The van der Waals surface area contributed by atoms with Gasteiger partial charge < -0.3 is 9.80 Å². The first-order valence-electron chi connectivity index (χ1n) is 7.77. The van der Waals surface area contributed by atoms with Gasteiger partial charge in [0.05, 0.1) is 16.1 Å². The molecule has 120 valence electrons. The van der Waals surface area contributed by atoms with Crippen molar-refractivity contribution in [2.75, 3.05) is 36.0 Å². The highest BCUT2D eigenvalue weighted by molar-refractivity contribution is 6.32. The second-order valence-electron chi connectivity index (χ2n) is 5.59. The molecular formula is C18H16ClN5. The Morgan fingerprint density at radius 3 is 2.46 bits per heavy atom. The van der Waals surface area contributed by atoms with Gasteiger partial charge in [-0.2, -0.15) is 10.5 Å². The van der Waals surface area contributed by atoms with Gasteiger partial charge in [0.1, 0.15) is 18.0 Å². The average molecular weight is 338 g/mol. The molecule has 1 saturated heterocycles. The zero-order valence-corrected chi connectivity index (χ0v) is 13.9. The number of anilines is 2. The quantitative estimate of drug-likeness (QED) is 0.841. The van der Waals surface area contributed by atoms with E-state index < -0.39 is 0 Å². The maximum atomic E-state index is 9.26. The van der Waals surface area contributed by atoms with Crippen molar-refractivity contribution in [1.29, 1.82) is 10.5 Å². The van der Waals surface area contributed by atoms with Crippen LogP contribution in [-0.4, -0.2) is 31.2 Å². The fraction of sp³-hybridized carbons (Fsp3) is 0.278. The molecule has 1 aromatic carbocycles. The average Bonchev–Trinajstić information content (AvgIpc) is 2.87. The molecule has 1 aliphatic heterocycles. The molecule has 0 bridgehead atoms. The molecule has 24 heavy (non-hydrogen) atoms. The monoisotopic (exact) mass is 337 g/mol. The normalized spacial score (nSPS) is 14.6. The van der Waals surface area contributed by atoms with Gasteiger partial charge in [-0.15, -0.1) is 0 Å². The van der Waals surface area contributed by atoms with E-state index in [9.17, 15) is 5.26 Å². The van der Waals surface area contributed by atoms with Gasteiger partial charge in [-0.25, -0.2) is 4.98 Å². The molecule has 2 aromatic rings. The number of nitrogens with zero attached hydrogens (tertiary/aromatic N) is 5. The van der Waals surface area contributed by atoms with Crippen molar-refractivity contribution in [2.24, 2.45) is 0 Å². The molecule has 0 atom stereocenters. The van der Waals surface area contributed by atoms with Crippen molar-refractivity contribution in [3.63, 3.8) is 0 Å². The fourth-order valence-corrected chi connectivity index (χ4v) is 3.13. The molecule has 5 nitrogen and oxygen atoms in total. The number of benzene rings is 1. The lowest BCUT2D eigenvalue weighted by atomic mass is 10.2. The molecule has 0 saturated carbocycles. The number of halogens is 1. The summed E-state index contributed by atoms with van der Waals surface area (Å²) in [7, 11) is 0. The first kappa shape index (κ1) is 16.1. The zero-order chi connectivity index (χ0) is 16.9. The van der Waals surface area contributed by atoms with Crippen LogP contribution in [0.4, 0.5) is 11.5 Å². The van der Waals surface area contributed by atoms with Gasteiger partial charge in [0.25, 0.3) is 0 Å². The first-order valence-corrected chi connectivity index (χ1v) is 8.15. The highest BCUT2D eigenvalue weighted by atomic mass is 35.5. The number of hydrogen-bond donors (Lipinski definition) is 0. The van der Waals surface area contributed by atoms with Crippen molar-refractivity contribution >= 4 is 23.1 Å². The molecule has 2 heterocycles. The van der Waals surface area contributed by atoms with Crippen molar-refractivity contribution in [1.82, 2.24) is 4.98 Å². The molecular weight excluding hydrogens is 322 g/mol. The Morgan fingerprint density at radius 1 is 0.958 bits per heavy atom. The minimum absolute atomic E-state index is 0.479. The largest absolute Gasteiger partial charge is 0.370 e. The van der Waals surface area contributed by atoms with Gasteiger partial charge in [-0.3, -0.25) is 0 Å². The Bertz CT molecular complexity index is 821. The van der Waals surface area contributed by atoms with Crippen molar-refractivity contribution in [3.05, 3.63) is 52.7 Å². The minimum atomic E-state index is 0.479. The Balaban J connectivity index is 1.77. The van der Waals surface area contributed by atoms with E-state index in [1.807, 2.05) is 12.1 Å². The fourth-order valence-electron chi connectivity index (χ4n) is 2.92. The minimum Gasteiger partial charge on any atom is -0.370 e. The lowest BCUT2D eigenvalue weighted by molar-refractivity contribution is 0.796. The predicted octanol–water partition coefficient (Wildman–Crippen LogP) is 3.20. The van der Waals surface area contributed by atoms with Gasteiger partial charge in [0.15, 0.2) is 0 Å². The second-order valence-corrected chi connectivity index (χ2v) is 6.00. The number of rotatable bonds is 2. The highest BCUT2D eigenvalue weighted by Gasteiger charge is 2.19. The van der Waals surface area contributed by atoms with Crippen LogP contribution in [-0.2, 0) is 0 Å². The van der Waals surface area contributed by atoms with Gasteiger partial charge in [0.2, 0.25) is 0 Å². The molecule has 0 N–H and O–H groups in total. The molecule has 1 aliphatic rings. The molecule has 3 rings (SSSR count). The molecule has 0 unspecified atom stereocenters. The van der Waals surface area contributed by atoms with Crippen LogP contribution < -0.4 is 9.80 Å². The van der Waals surface area contributed by atoms with Gasteiger partial charge in [-0.1, -0.05) is 11.6 Å². The van der Waals surface area contributed by atoms with Crippen LogP contribution in [0, 0.1) is 22.7 Å². The van der Waals surface area contributed by atoms with Crippen LogP contribution in [0.1, 0.15) is 17.5 Å². The molecule has 0 aliphatic carbocycles.